The molecule has 2 rings (SSSR count). The molecule has 0 heterocycles. The van der Waals surface area contributed by atoms with Crippen LogP contribution < -0.4 is 4.74 Å². The molecule has 0 saturated carbocycles. The lowest BCUT2D eigenvalue weighted by molar-refractivity contribution is -0.253. The van der Waals surface area contributed by atoms with Crippen molar-refractivity contribution in [3.05, 3.63) is 64.7 Å². The summed E-state index contributed by atoms with van der Waals surface area (Å²) >= 11 is 0. The number of ether oxygens (including phenoxy) is 1. The van der Waals surface area contributed by atoms with Crippen LogP contribution in [0.15, 0.2) is 36.4 Å². The van der Waals surface area contributed by atoms with Crippen molar-refractivity contribution in [2.24, 2.45) is 0 Å². The summed E-state index contributed by atoms with van der Waals surface area (Å²) in [5.41, 5.74) is 0.177. The van der Waals surface area contributed by atoms with Crippen LogP contribution in [-0.2, 0) is 0 Å². The lowest BCUT2D eigenvalue weighted by atomic mass is 9.99. The van der Waals surface area contributed by atoms with Gasteiger partial charge in [0.2, 0.25) is 0 Å². The van der Waals surface area contributed by atoms with E-state index < -0.39 is 36.0 Å². The molecule has 24 heavy (non-hydrogen) atoms. The van der Waals surface area contributed by atoms with E-state index in [-0.39, 0.29) is 16.7 Å². The molecule has 0 saturated heterocycles. The summed E-state index contributed by atoms with van der Waals surface area (Å²) in [5.74, 6) is -2.45. The van der Waals surface area contributed by atoms with Crippen molar-refractivity contribution in [2.45, 2.75) is 25.6 Å². The summed E-state index contributed by atoms with van der Waals surface area (Å²) in [6.07, 6.45) is -10.4. The van der Waals surface area contributed by atoms with E-state index in [0.717, 1.165) is 18.2 Å². The van der Waals surface area contributed by atoms with Crippen LogP contribution in [0.2, 0.25) is 0 Å². The third-order valence-corrected chi connectivity index (χ3v) is 3.22. The van der Waals surface area contributed by atoms with Gasteiger partial charge >= 0.3 is 12.5 Å². The van der Waals surface area contributed by atoms with Gasteiger partial charge in [0.05, 0.1) is 0 Å². The first-order valence-electron chi connectivity index (χ1n) is 6.69. The number of aryl methyl sites for hydroxylation is 1. The molecule has 0 aliphatic carbocycles. The molecule has 0 aromatic heterocycles. The molecule has 8 heteroatoms. The lowest BCUT2D eigenvalue weighted by Gasteiger charge is -2.19. The molecule has 1 atom stereocenters. The molecule has 0 spiro atoms. The van der Waals surface area contributed by atoms with Gasteiger partial charge in [-0.1, -0.05) is 12.1 Å². The van der Waals surface area contributed by atoms with Crippen molar-refractivity contribution in [1.82, 2.24) is 0 Å². The molecule has 0 radical (unpaired) electrons. The second kappa shape index (κ2) is 6.72. The highest BCUT2D eigenvalue weighted by molar-refractivity contribution is 5.37. The minimum absolute atomic E-state index is 0.172. The van der Waals surface area contributed by atoms with Crippen LogP contribution in [0.1, 0.15) is 22.8 Å². The summed E-state index contributed by atoms with van der Waals surface area (Å²) in [6, 6.07) is 5.73. The zero-order valence-corrected chi connectivity index (χ0v) is 12.2. The summed E-state index contributed by atoms with van der Waals surface area (Å²) in [6.45, 7) is 1.44. The molecule has 0 aliphatic rings. The highest BCUT2D eigenvalue weighted by atomic mass is 19.3. The van der Waals surface area contributed by atoms with Gasteiger partial charge in [0, 0.05) is 6.07 Å². The van der Waals surface area contributed by atoms with Gasteiger partial charge in [0.15, 0.2) is 0 Å². The topological polar surface area (TPSA) is 29.5 Å². The minimum Gasteiger partial charge on any atom is -0.428 e. The van der Waals surface area contributed by atoms with E-state index in [9.17, 15) is 31.4 Å². The largest absolute Gasteiger partial charge is 0.461 e. The smallest absolute Gasteiger partial charge is 0.428 e. The van der Waals surface area contributed by atoms with E-state index in [1.807, 2.05) is 0 Å². The molecule has 2 aromatic rings. The molecule has 0 fully saturated rings. The van der Waals surface area contributed by atoms with Crippen LogP contribution >= 0.6 is 0 Å². The third-order valence-electron chi connectivity index (χ3n) is 3.22. The fourth-order valence-electron chi connectivity index (χ4n) is 2.03. The van der Waals surface area contributed by atoms with Crippen LogP contribution in [-0.4, -0.2) is 17.6 Å². The first-order valence-corrected chi connectivity index (χ1v) is 6.69. The first-order chi connectivity index (χ1) is 11.1. The van der Waals surface area contributed by atoms with Crippen LogP contribution in [0, 0.1) is 18.6 Å². The van der Waals surface area contributed by atoms with E-state index >= 15 is 0 Å². The maximum atomic E-state index is 13.5. The predicted octanol–water partition coefficient (Wildman–Crippen LogP) is 4.59. The molecule has 0 bridgehead atoms. The number of aliphatic hydroxyl groups is 1. The Morgan fingerprint density at radius 2 is 1.67 bits per heavy atom. The second-order valence-electron chi connectivity index (χ2n) is 5.10. The van der Waals surface area contributed by atoms with E-state index in [2.05, 4.69) is 4.74 Å². The number of alkyl halides is 4. The molecular formula is C16H12F6O2. The maximum absolute atomic E-state index is 13.5. The average Bonchev–Trinajstić information content (AvgIpc) is 2.48. The molecule has 0 amide bonds. The fourth-order valence-corrected chi connectivity index (χ4v) is 2.03. The predicted molar refractivity (Wildman–Crippen MR) is 73.2 cm³/mol. The Labute approximate surface area is 133 Å². The van der Waals surface area contributed by atoms with Crippen molar-refractivity contribution < 1.29 is 36.2 Å². The molecule has 2 nitrogen and oxygen atoms in total. The zero-order chi connectivity index (χ0) is 18.1. The molecular weight excluding hydrogens is 338 g/mol. The summed E-state index contributed by atoms with van der Waals surface area (Å²) in [4.78, 5) is 0. The van der Waals surface area contributed by atoms with Crippen molar-refractivity contribution in [1.29, 1.82) is 0 Å². The number of aliphatic hydroxyl groups excluding tert-OH is 1. The van der Waals surface area contributed by atoms with Crippen LogP contribution in [0.5, 0.6) is 5.75 Å². The molecule has 130 valence electrons. The number of rotatable bonds is 5. The van der Waals surface area contributed by atoms with Gasteiger partial charge < -0.3 is 9.84 Å². The van der Waals surface area contributed by atoms with Gasteiger partial charge in [0.1, 0.15) is 23.5 Å². The van der Waals surface area contributed by atoms with Gasteiger partial charge in [0.25, 0.3) is 0 Å². The average molecular weight is 350 g/mol. The molecule has 1 unspecified atom stereocenters. The Morgan fingerprint density at radius 3 is 2.25 bits per heavy atom. The Balaban J connectivity index is 2.35. The van der Waals surface area contributed by atoms with Crippen molar-refractivity contribution in [3.8, 4) is 5.75 Å². The molecule has 1 N–H and O–H groups in total. The zero-order valence-electron chi connectivity index (χ0n) is 12.2. The van der Waals surface area contributed by atoms with Gasteiger partial charge in [-0.15, -0.1) is 0 Å². The van der Waals surface area contributed by atoms with Gasteiger partial charge in [-0.3, -0.25) is 0 Å². The van der Waals surface area contributed by atoms with Crippen molar-refractivity contribution in [2.75, 3.05) is 0 Å². The Bertz CT molecular complexity index is 733. The number of hydrogen-bond donors (Lipinski definition) is 1. The normalized spacial score (nSPS) is 13.2. The standard InChI is InChI=1S/C16H12F6O2/c1-8-4-9(2-3-13(8)18)14(23)10-5-11(17)7-12(6-10)24-16(21,22)15(19)20/h2-7,14-15,23H,1H3. The highest BCUT2D eigenvalue weighted by Gasteiger charge is 2.44. The summed E-state index contributed by atoms with van der Waals surface area (Å²) in [5, 5.41) is 10.2. The Hall–Kier alpha value is -2.22. The van der Waals surface area contributed by atoms with E-state index in [1.54, 1.807) is 0 Å². The summed E-state index contributed by atoms with van der Waals surface area (Å²) < 4.78 is 80.7. The van der Waals surface area contributed by atoms with Gasteiger partial charge in [-0.25, -0.2) is 8.78 Å². The van der Waals surface area contributed by atoms with E-state index in [4.69, 9.17) is 0 Å². The Morgan fingerprint density at radius 1 is 1.00 bits per heavy atom. The summed E-state index contributed by atoms with van der Waals surface area (Å²) in [7, 11) is 0. The quantitative estimate of drug-likeness (QED) is 0.799. The van der Waals surface area contributed by atoms with Gasteiger partial charge in [-0.2, -0.15) is 17.6 Å². The van der Waals surface area contributed by atoms with Crippen LogP contribution in [0.3, 0.4) is 0 Å². The SMILES string of the molecule is Cc1cc(C(O)c2cc(F)cc(OC(F)(F)C(F)F)c2)ccc1F. The van der Waals surface area contributed by atoms with Gasteiger partial charge in [-0.05, 0) is 41.8 Å². The first kappa shape index (κ1) is 18.1. The Kier molecular flexibility index (Phi) is 5.08. The van der Waals surface area contributed by atoms with Crippen molar-refractivity contribution >= 4 is 0 Å². The molecule has 2 aromatic carbocycles. The third kappa shape index (κ3) is 4.00. The van der Waals surface area contributed by atoms with Crippen molar-refractivity contribution in [3.63, 3.8) is 0 Å². The number of halogens is 6. The maximum Gasteiger partial charge on any atom is 0.461 e. The fraction of sp³-hybridized carbons (Fsp3) is 0.250. The molecule has 0 aliphatic heterocycles. The lowest BCUT2D eigenvalue weighted by Crippen LogP contribution is -2.33. The van der Waals surface area contributed by atoms with Crippen LogP contribution in [0.25, 0.3) is 0 Å². The second-order valence-corrected chi connectivity index (χ2v) is 5.10. The monoisotopic (exact) mass is 350 g/mol. The number of benzene rings is 2. The number of hydrogen-bond acceptors (Lipinski definition) is 2. The van der Waals surface area contributed by atoms with E-state index in [0.29, 0.717) is 6.07 Å². The highest BCUT2D eigenvalue weighted by Crippen LogP contribution is 2.32. The van der Waals surface area contributed by atoms with E-state index in [1.165, 1.54) is 19.1 Å². The van der Waals surface area contributed by atoms with Crippen LogP contribution in [0.4, 0.5) is 26.3 Å². The minimum atomic E-state index is -4.80.